The molecule has 0 aliphatic heterocycles. The first-order valence-corrected chi connectivity index (χ1v) is 5.56. The SMILES string of the molecule is CCC(C)(O)/C=C/C1CCCCC1. The number of hydrogen-bond donors (Lipinski definition) is 1. The Kier molecular flexibility index (Phi) is 3.98. The molecule has 0 aromatic rings. The van der Waals surface area contributed by atoms with Crippen molar-refractivity contribution in [3.8, 4) is 0 Å². The minimum atomic E-state index is -0.586. The number of rotatable bonds is 3. The number of hydrogen-bond acceptors (Lipinski definition) is 1. The Bertz CT molecular complexity index is 164. The Hall–Kier alpha value is -0.300. The van der Waals surface area contributed by atoms with E-state index < -0.39 is 5.60 Å². The smallest absolute Gasteiger partial charge is 0.0797 e. The van der Waals surface area contributed by atoms with E-state index in [0.29, 0.717) is 0 Å². The van der Waals surface area contributed by atoms with Gasteiger partial charge in [0.2, 0.25) is 0 Å². The number of allylic oxidation sites excluding steroid dienone is 1. The van der Waals surface area contributed by atoms with Gasteiger partial charge in [0.05, 0.1) is 5.60 Å². The third-order valence-corrected chi connectivity index (χ3v) is 3.09. The molecular formula is C12H22O. The lowest BCUT2D eigenvalue weighted by Gasteiger charge is -2.21. The zero-order valence-electron chi connectivity index (χ0n) is 8.92. The first-order valence-electron chi connectivity index (χ1n) is 5.56. The molecule has 0 saturated heterocycles. The summed E-state index contributed by atoms with van der Waals surface area (Å²) in [4.78, 5) is 0. The van der Waals surface area contributed by atoms with E-state index in [4.69, 9.17) is 0 Å². The highest BCUT2D eigenvalue weighted by Crippen LogP contribution is 2.25. The van der Waals surface area contributed by atoms with Gasteiger partial charge in [-0.15, -0.1) is 0 Å². The second kappa shape index (κ2) is 4.80. The third kappa shape index (κ3) is 3.95. The molecule has 0 aromatic carbocycles. The van der Waals surface area contributed by atoms with Crippen molar-refractivity contribution in [1.29, 1.82) is 0 Å². The van der Waals surface area contributed by atoms with Crippen LogP contribution in [0, 0.1) is 5.92 Å². The maximum atomic E-state index is 9.77. The summed E-state index contributed by atoms with van der Waals surface area (Å²) >= 11 is 0. The second-order valence-electron chi connectivity index (χ2n) is 4.47. The minimum absolute atomic E-state index is 0.586. The van der Waals surface area contributed by atoms with Crippen LogP contribution in [0.4, 0.5) is 0 Å². The summed E-state index contributed by atoms with van der Waals surface area (Å²) in [6, 6.07) is 0. The average Bonchev–Trinajstić information content (AvgIpc) is 2.17. The van der Waals surface area contributed by atoms with E-state index in [2.05, 4.69) is 6.08 Å². The Morgan fingerprint density at radius 1 is 1.31 bits per heavy atom. The average molecular weight is 182 g/mol. The van der Waals surface area contributed by atoms with E-state index in [1.165, 1.54) is 32.1 Å². The van der Waals surface area contributed by atoms with Crippen molar-refractivity contribution in [3.63, 3.8) is 0 Å². The van der Waals surface area contributed by atoms with Crippen LogP contribution in [0.2, 0.25) is 0 Å². The largest absolute Gasteiger partial charge is 0.386 e. The molecular weight excluding hydrogens is 160 g/mol. The van der Waals surface area contributed by atoms with Crippen molar-refractivity contribution >= 4 is 0 Å². The van der Waals surface area contributed by atoms with E-state index in [9.17, 15) is 5.11 Å². The summed E-state index contributed by atoms with van der Waals surface area (Å²) in [6.45, 7) is 3.90. The van der Waals surface area contributed by atoms with E-state index in [0.717, 1.165) is 12.3 Å². The molecule has 76 valence electrons. The fraction of sp³-hybridized carbons (Fsp3) is 0.833. The minimum Gasteiger partial charge on any atom is -0.386 e. The molecule has 1 saturated carbocycles. The summed E-state index contributed by atoms with van der Waals surface area (Å²) in [5.74, 6) is 0.728. The molecule has 1 aliphatic rings. The predicted octanol–water partition coefficient (Wildman–Crippen LogP) is 3.28. The van der Waals surface area contributed by atoms with Crippen molar-refractivity contribution in [3.05, 3.63) is 12.2 Å². The van der Waals surface area contributed by atoms with Crippen LogP contribution < -0.4 is 0 Å². The predicted molar refractivity (Wildman–Crippen MR) is 56.6 cm³/mol. The first-order chi connectivity index (χ1) is 6.14. The van der Waals surface area contributed by atoms with Gasteiger partial charge in [0.25, 0.3) is 0 Å². The molecule has 1 rings (SSSR count). The summed E-state index contributed by atoms with van der Waals surface area (Å²) in [5.41, 5.74) is -0.586. The maximum absolute atomic E-state index is 9.77. The highest BCUT2D eigenvalue weighted by molar-refractivity contribution is 5.00. The van der Waals surface area contributed by atoms with Gasteiger partial charge < -0.3 is 5.11 Å². The second-order valence-corrected chi connectivity index (χ2v) is 4.47. The lowest BCUT2D eigenvalue weighted by molar-refractivity contribution is 0.107. The molecule has 1 nitrogen and oxygen atoms in total. The van der Waals surface area contributed by atoms with Gasteiger partial charge in [0.1, 0.15) is 0 Å². The maximum Gasteiger partial charge on any atom is 0.0797 e. The van der Waals surface area contributed by atoms with Crippen molar-refractivity contribution in [1.82, 2.24) is 0 Å². The van der Waals surface area contributed by atoms with Crippen LogP contribution in [0.25, 0.3) is 0 Å². The van der Waals surface area contributed by atoms with E-state index >= 15 is 0 Å². The Balaban J connectivity index is 2.37. The van der Waals surface area contributed by atoms with Gasteiger partial charge in [-0.1, -0.05) is 38.3 Å². The van der Waals surface area contributed by atoms with Crippen LogP contribution in [0.5, 0.6) is 0 Å². The van der Waals surface area contributed by atoms with Crippen LogP contribution in [-0.2, 0) is 0 Å². The molecule has 0 amide bonds. The summed E-state index contributed by atoms with van der Waals surface area (Å²) in [5, 5.41) is 9.77. The molecule has 1 heteroatoms. The van der Waals surface area contributed by atoms with Gasteiger partial charge in [-0.25, -0.2) is 0 Å². The quantitative estimate of drug-likeness (QED) is 0.664. The normalized spacial score (nSPS) is 24.8. The van der Waals surface area contributed by atoms with Gasteiger partial charge in [0, 0.05) is 0 Å². The molecule has 1 unspecified atom stereocenters. The molecule has 0 bridgehead atoms. The van der Waals surface area contributed by atoms with Gasteiger partial charge in [0.15, 0.2) is 0 Å². The highest BCUT2D eigenvalue weighted by atomic mass is 16.3. The monoisotopic (exact) mass is 182 g/mol. The van der Waals surface area contributed by atoms with Crippen molar-refractivity contribution in [2.75, 3.05) is 0 Å². The topological polar surface area (TPSA) is 20.2 Å². The summed E-state index contributed by atoms with van der Waals surface area (Å²) < 4.78 is 0. The summed E-state index contributed by atoms with van der Waals surface area (Å²) in [7, 11) is 0. The molecule has 0 radical (unpaired) electrons. The molecule has 1 fully saturated rings. The standard InChI is InChI=1S/C12H22O/c1-3-12(2,13)10-9-11-7-5-4-6-8-11/h9-11,13H,3-8H2,1-2H3/b10-9+. The van der Waals surface area contributed by atoms with Gasteiger partial charge in [-0.05, 0) is 32.1 Å². The fourth-order valence-corrected chi connectivity index (χ4v) is 1.79. The van der Waals surface area contributed by atoms with Crippen LogP contribution >= 0.6 is 0 Å². The highest BCUT2D eigenvalue weighted by Gasteiger charge is 2.15. The Morgan fingerprint density at radius 3 is 2.46 bits per heavy atom. The number of aliphatic hydroxyl groups is 1. The molecule has 0 heterocycles. The van der Waals surface area contributed by atoms with Crippen molar-refractivity contribution in [2.24, 2.45) is 5.92 Å². The first kappa shape index (κ1) is 10.8. The van der Waals surface area contributed by atoms with Gasteiger partial charge >= 0.3 is 0 Å². The Labute approximate surface area is 81.9 Å². The third-order valence-electron chi connectivity index (χ3n) is 3.09. The zero-order valence-corrected chi connectivity index (χ0v) is 8.92. The van der Waals surface area contributed by atoms with E-state index in [1.807, 2.05) is 19.9 Å². The van der Waals surface area contributed by atoms with E-state index in [1.54, 1.807) is 0 Å². The zero-order chi connectivity index (χ0) is 9.73. The molecule has 1 N–H and O–H groups in total. The fourth-order valence-electron chi connectivity index (χ4n) is 1.79. The van der Waals surface area contributed by atoms with E-state index in [-0.39, 0.29) is 0 Å². The van der Waals surface area contributed by atoms with Crippen molar-refractivity contribution < 1.29 is 5.11 Å². The van der Waals surface area contributed by atoms with Crippen LogP contribution in [0.1, 0.15) is 52.4 Å². The van der Waals surface area contributed by atoms with Gasteiger partial charge in [-0.3, -0.25) is 0 Å². The molecule has 13 heavy (non-hydrogen) atoms. The van der Waals surface area contributed by atoms with Crippen LogP contribution in [0.3, 0.4) is 0 Å². The molecule has 0 spiro atoms. The van der Waals surface area contributed by atoms with Crippen molar-refractivity contribution in [2.45, 2.75) is 58.0 Å². The summed E-state index contributed by atoms with van der Waals surface area (Å²) in [6.07, 6.45) is 11.8. The van der Waals surface area contributed by atoms with Crippen LogP contribution in [-0.4, -0.2) is 10.7 Å². The molecule has 1 aliphatic carbocycles. The lowest BCUT2D eigenvalue weighted by atomic mass is 9.87. The van der Waals surface area contributed by atoms with Gasteiger partial charge in [-0.2, -0.15) is 0 Å². The molecule has 1 atom stereocenters. The lowest BCUT2D eigenvalue weighted by Crippen LogP contribution is -2.19. The Morgan fingerprint density at radius 2 is 1.92 bits per heavy atom. The molecule has 0 aromatic heterocycles. The van der Waals surface area contributed by atoms with Crippen LogP contribution in [0.15, 0.2) is 12.2 Å².